The fourth-order valence-electron chi connectivity index (χ4n) is 1.98. The lowest BCUT2D eigenvalue weighted by Gasteiger charge is -2.26. The molecule has 2 unspecified atom stereocenters. The van der Waals surface area contributed by atoms with Crippen LogP contribution in [0, 0.1) is 0 Å². The number of thioether (sulfide) groups is 1. The molecule has 1 aromatic heterocycles. The molecule has 0 aromatic carbocycles. The zero-order chi connectivity index (χ0) is 14.0. The van der Waals surface area contributed by atoms with E-state index in [1.807, 2.05) is 6.92 Å². The van der Waals surface area contributed by atoms with Crippen molar-refractivity contribution >= 4 is 35.2 Å². The molecule has 0 radical (unpaired) electrons. The maximum Gasteiger partial charge on any atom is 0.327 e. The van der Waals surface area contributed by atoms with Crippen molar-refractivity contribution in [2.24, 2.45) is 0 Å². The molecule has 1 amide bonds. The van der Waals surface area contributed by atoms with Gasteiger partial charge >= 0.3 is 5.97 Å². The van der Waals surface area contributed by atoms with E-state index in [1.165, 1.54) is 28.9 Å². The second-order valence-corrected chi connectivity index (χ2v) is 5.77. The molecule has 0 saturated carbocycles. The molecule has 102 valence electrons. The van der Waals surface area contributed by atoms with Gasteiger partial charge < -0.3 is 10.0 Å². The first-order valence-corrected chi connectivity index (χ1v) is 7.26. The Balaban J connectivity index is 2.28. The van der Waals surface area contributed by atoms with Crippen molar-refractivity contribution < 1.29 is 14.7 Å². The Hall–Kier alpha value is -1.27. The van der Waals surface area contributed by atoms with Crippen LogP contribution in [-0.4, -0.2) is 44.0 Å². The van der Waals surface area contributed by atoms with Gasteiger partial charge in [-0.25, -0.2) is 9.78 Å². The van der Waals surface area contributed by atoms with Crippen LogP contribution >= 0.6 is 23.4 Å². The lowest BCUT2D eigenvalue weighted by molar-refractivity contribution is -0.141. The third kappa shape index (κ3) is 2.84. The van der Waals surface area contributed by atoms with E-state index in [0.29, 0.717) is 17.2 Å². The average molecular weight is 301 g/mol. The van der Waals surface area contributed by atoms with E-state index in [0.717, 1.165) is 0 Å². The Labute approximate surface area is 120 Å². The Morgan fingerprint density at radius 2 is 2.32 bits per heavy atom. The third-order valence-electron chi connectivity index (χ3n) is 2.91. The lowest BCUT2D eigenvalue weighted by Crippen LogP contribution is -2.45. The summed E-state index contributed by atoms with van der Waals surface area (Å²) in [5, 5.41) is 9.51. The van der Waals surface area contributed by atoms with Gasteiger partial charge in [-0.2, -0.15) is 0 Å². The molecule has 1 aliphatic heterocycles. The van der Waals surface area contributed by atoms with Gasteiger partial charge in [0.1, 0.15) is 11.7 Å². The summed E-state index contributed by atoms with van der Waals surface area (Å²) < 4.78 is 0. The molecular formula is C12H13ClN2O3S. The summed E-state index contributed by atoms with van der Waals surface area (Å²) in [5.41, 5.74) is 0.219. The maximum absolute atomic E-state index is 12.4. The van der Waals surface area contributed by atoms with E-state index >= 15 is 0 Å². The minimum atomic E-state index is -0.981. The highest BCUT2D eigenvalue weighted by molar-refractivity contribution is 8.00. The van der Waals surface area contributed by atoms with Crippen LogP contribution in [0.3, 0.4) is 0 Å². The third-order valence-corrected chi connectivity index (χ3v) is 4.58. The molecule has 2 heterocycles. The smallest absolute Gasteiger partial charge is 0.327 e. The Morgan fingerprint density at radius 3 is 2.84 bits per heavy atom. The number of hydrogen-bond acceptors (Lipinski definition) is 4. The van der Waals surface area contributed by atoms with Gasteiger partial charge in [-0.05, 0) is 18.6 Å². The van der Waals surface area contributed by atoms with Crippen LogP contribution in [-0.2, 0) is 4.79 Å². The number of carbonyl (C=O) groups is 2. The SMILES string of the molecule is CCC1SCC(C(=O)O)N1C(=O)c1ccc(Cl)cn1. The monoisotopic (exact) mass is 300 g/mol. The highest BCUT2D eigenvalue weighted by Gasteiger charge is 2.41. The number of carboxylic acids is 1. The second kappa shape index (κ2) is 5.79. The number of halogens is 1. The Kier molecular flexibility index (Phi) is 4.31. The normalized spacial score (nSPS) is 22.5. The number of aromatic nitrogens is 1. The Morgan fingerprint density at radius 1 is 1.58 bits per heavy atom. The highest BCUT2D eigenvalue weighted by Crippen LogP contribution is 2.32. The van der Waals surface area contributed by atoms with Crippen LogP contribution in [0.5, 0.6) is 0 Å². The molecular weight excluding hydrogens is 288 g/mol. The average Bonchev–Trinajstić information content (AvgIpc) is 2.82. The number of rotatable bonds is 3. The summed E-state index contributed by atoms with van der Waals surface area (Å²) in [6, 6.07) is 2.29. The van der Waals surface area contributed by atoms with E-state index in [-0.39, 0.29) is 17.0 Å². The molecule has 0 aliphatic carbocycles. The van der Waals surface area contributed by atoms with Gasteiger partial charge in [0.05, 0.1) is 10.4 Å². The van der Waals surface area contributed by atoms with Crippen LogP contribution in [0.2, 0.25) is 5.02 Å². The van der Waals surface area contributed by atoms with Crippen molar-refractivity contribution in [3.63, 3.8) is 0 Å². The molecule has 0 spiro atoms. The van der Waals surface area contributed by atoms with Crippen LogP contribution < -0.4 is 0 Å². The van der Waals surface area contributed by atoms with Gasteiger partial charge in [-0.1, -0.05) is 18.5 Å². The molecule has 19 heavy (non-hydrogen) atoms. The number of nitrogens with zero attached hydrogens (tertiary/aromatic N) is 2. The van der Waals surface area contributed by atoms with Crippen molar-refractivity contribution in [1.82, 2.24) is 9.88 Å². The second-order valence-electron chi connectivity index (χ2n) is 4.12. The number of carboxylic acid groups (broad SMARTS) is 1. The van der Waals surface area contributed by atoms with Gasteiger partial charge in [0.25, 0.3) is 5.91 Å². The van der Waals surface area contributed by atoms with Crippen molar-refractivity contribution in [3.8, 4) is 0 Å². The number of aliphatic carboxylic acids is 1. The molecule has 1 fully saturated rings. The zero-order valence-electron chi connectivity index (χ0n) is 10.2. The zero-order valence-corrected chi connectivity index (χ0v) is 11.8. The van der Waals surface area contributed by atoms with Gasteiger partial charge in [-0.3, -0.25) is 4.79 Å². The van der Waals surface area contributed by atoms with Gasteiger partial charge in [0.15, 0.2) is 0 Å². The van der Waals surface area contributed by atoms with Crippen LogP contribution in [0.25, 0.3) is 0 Å². The molecule has 1 aliphatic rings. The summed E-state index contributed by atoms with van der Waals surface area (Å²) in [7, 11) is 0. The van der Waals surface area contributed by atoms with Crippen molar-refractivity contribution in [3.05, 3.63) is 29.0 Å². The van der Waals surface area contributed by atoms with Crippen molar-refractivity contribution in [2.45, 2.75) is 24.8 Å². The van der Waals surface area contributed by atoms with Crippen molar-refractivity contribution in [2.75, 3.05) is 5.75 Å². The molecule has 2 rings (SSSR count). The molecule has 5 nitrogen and oxygen atoms in total. The van der Waals surface area contributed by atoms with E-state index in [4.69, 9.17) is 11.6 Å². The number of carbonyl (C=O) groups excluding carboxylic acids is 1. The molecule has 2 atom stereocenters. The Bertz CT molecular complexity index is 494. The molecule has 0 bridgehead atoms. The highest BCUT2D eigenvalue weighted by atomic mass is 35.5. The number of pyridine rings is 1. The number of hydrogen-bond donors (Lipinski definition) is 1. The van der Waals surface area contributed by atoms with E-state index in [1.54, 1.807) is 6.07 Å². The predicted molar refractivity (Wildman–Crippen MR) is 73.4 cm³/mol. The predicted octanol–water partition coefficient (Wildman–Crippen LogP) is 2.11. The summed E-state index contributed by atoms with van der Waals surface area (Å²) in [4.78, 5) is 29.0. The van der Waals surface area contributed by atoms with Crippen LogP contribution in [0.4, 0.5) is 0 Å². The minimum Gasteiger partial charge on any atom is -0.480 e. The lowest BCUT2D eigenvalue weighted by atomic mass is 10.2. The first-order valence-electron chi connectivity index (χ1n) is 5.83. The molecule has 1 saturated heterocycles. The fourth-order valence-corrected chi connectivity index (χ4v) is 3.43. The summed E-state index contributed by atoms with van der Waals surface area (Å²) in [6.07, 6.45) is 2.09. The van der Waals surface area contributed by atoms with Crippen LogP contribution in [0.15, 0.2) is 18.3 Å². The van der Waals surface area contributed by atoms with Crippen molar-refractivity contribution in [1.29, 1.82) is 0 Å². The first kappa shape index (κ1) is 14.1. The van der Waals surface area contributed by atoms with Crippen LogP contribution in [0.1, 0.15) is 23.8 Å². The largest absolute Gasteiger partial charge is 0.480 e. The van der Waals surface area contributed by atoms with Gasteiger partial charge in [0.2, 0.25) is 0 Å². The van der Waals surface area contributed by atoms with Gasteiger partial charge in [0, 0.05) is 11.9 Å². The summed E-state index contributed by atoms with van der Waals surface area (Å²) in [5.74, 6) is -0.931. The summed E-state index contributed by atoms with van der Waals surface area (Å²) >= 11 is 7.21. The maximum atomic E-state index is 12.4. The number of amides is 1. The summed E-state index contributed by atoms with van der Waals surface area (Å²) in [6.45, 7) is 1.93. The molecule has 1 N–H and O–H groups in total. The van der Waals surface area contributed by atoms with E-state index < -0.39 is 12.0 Å². The van der Waals surface area contributed by atoms with E-state index in [2.05, 4.69) is 4.98 Å². The molecule has 1 aromatic rings. The topological polar surface area (TPSA) is 70.5 Å². The molecule has 7 heteroatoms. The first-order chi connectivity index (χ1) is 9.04. The standard InChI is InChI=1S/C12H13ClN2O3S/c1-2-10-15(9(6-19-10)12(17)18)11(16)8-4-3-7(13)5-14-8/h3-5,9-10H,2,6H2,1H3,(H,17,18). The van der Waals surface area contributed by atoms with Gasteiger partial charge in [-0.15, -0.1) is 11.8 Å². The minimum absolute atomic E-state index is 0.119. The fraction of sp³-hybridized carbons (Fsp3) is 0.417. The van der Waals surface area contributed by atoms with E-state index in [9.17, 15) is 14.7 Å². The quantitative estimate of drug-likeness (QED) is 0.926.